The predicted molar refractivity (Wildman–Crippen MR) is 86.1 cm³/mol. The number of amides is 1. The van der Waals surface area contributed by atoms with Crippen LogP contribution in [0.1, 0.15) is 30.1 Å². The van der Waals surface area contributed by atoms with Crippen molar-refractivity contribution < 1.29 is 14.4 Å². The van der Waals surface area contributed by atoms with Gasteiger partial charge in [0.1, 0.15) is 0 Å². The first-order valence-electron chi connectivity index (χ1n) is 7.56. The van der Waals surface area contributed by atoms with Crippen LogP contribution in [-0.4, -0.2) is 18.2 Å². The van der Waals surface area contributed by atoms with Gasteiger partial charge in [0.05, 0.1) is 5.70 Å². The number of fused-ring (bicyclic) bond motifs is 1. The molecule has 1 aliphatic heterocycles. The maximum Gasteiger partial charge on any atom is 0.251 e. The third kappa shape index (κ3) is 3.34. The molecule has 0 atom stereocenters. The van der Waals surface area contributed by atoms with Gasteiger partial charge in [-0.15, -0.1) is 0 Å². The molecule has 0 fully saturated rings. The third-order valence-electron chi connectivity index (χ3n) is 3.90. The second-order valence-corrected chi connectivity index (χ2v) is 5.48. The fourth-order valence-electron chi connectivity index (χ4n) is 2.57. The average Bonchev–Trinajstić information content (AvgIpc) is 2.58. The first-order chi connectivity index (χ1) is 11.1. The minimum Gasteiger partial charge on any atom is -0.382 e. The van der Waals surface area contributed by atoms with Crippen LogP contribution in [0.25, 0.3) is 0 Å². The Morgan fingerprint density at radius 1 is 1.30 bits per heavy atom. The molecule has 1 aliphatic carbocycles. The molecule has 23 heavy (non-hydrogen) atoms. The molecular formula is C18H18N2O3. The lowest BCUT2D eigenvalue weighted by Crippen LogP contribution is -2.29. The lowest BCUT2D eigenvalue weighted by Gasteiger charge is -2.26. The van der Waals surface area contributed by atoms with Gasteiger partial charge >= 0.3 is 0 Å². The molecule has 0 unspecified atom stereocenters. The van der Waals surface area contributed by atoms with Crippen LogP contribution in [0.5, 0.6) is 0 Å². The highest BCUT2D eigenvalue weighted by Crippen LogP contribution is 2.30. The standard InChI is InChI=1S/C18H18N2O3/c1-12-15-11-14(21)7-8-17(15)23-20-16(12)9-10-19-18(22)13-5-3-2-4-6-13/h2-6,8,11,20H,7,9-10H2,1H3,(H,19,22). The summed E-state index contributed by atoms with van der Waals surface area (Å²) in [4.78, 5) is 29.0. The summed E-state index contributed by atoms with van der Waals surface area (Å²) in [5, 5.41) is 2.88. The molecular weight excluding hydrogens is 292 g/mol. The minimum atomic E-state index is -0.103. The lowest BCUT2D eigenvalue weighted by atomic mass is 9.95. The number of hydrogen-bond acceptors (Lipinski definition) is 4. The van der Waals surface area contributed by atoms with E-state index in [1.165, 1.54) is 0 Å². The fraction of sp³-hybridized carbons (Fsp3) is 0.222. The van der Waals surface area contributed by atoms with Crippen LogP contribution >= 0.6 is 0 Å². The van der Waals surface area contributed by atoms with E-state index in [4.69, 9.17) is 4.84 Å². The van der Waals surface area contributed by atoms with Gasteiger partial charge in [0.25, 0.3) is 5.91 Å². The van der Waals surface area contributed by atoms with Gasteiger partial charge in [0.15, 0.2) is 11.5 Å². The van der Waals surface area contributed by atoms with Gasteiger partial charge in [-0.1, -0.05) is 18.2 Å². The van der Waals surface area contributed by atoms with Crippen LogP contribution in [0.2, 0.25) is 0 Å². The van der Waals surface area contributed by atoms with Gasteiger partial charge < -0.3 is 10.2 Å². The van der Waals surface area contributed by atoms with E-state index in [-0.39, 0.29) is 11.7 Å². The number of ketones is 1. The van der Waals surface area contributed by atoms with Gasteiger partial charge in [-0.25, -0.2) is 5.48 Å². The van der Waals surface area contributed by atoms with E-state index in [0.29, 0.717) is 30.7 Å². The Bertz CT molecular complexity index is 730. The van der Waals surface area contributed by atoms with E-state index in [1.807, 2.05) is 25.1 Å². The van der Waals surface area contributed by atoms with E-state index in [0.717, 1.165) is 16.8 Å². The van der Waals surface area contributed by atoms with E-state index < -0.39 is 0 Å². The number of carbonyl (C=O) groups excluding carboxylic acids is 2. The van der Waals surface area contributed by atoms with E-state index in [2.05, 4.69) is 10.8 Å². The van der Waals surface area contributed by atoms with Crippen LogP contribution in [0.4, 0.5) is 0 Å². The monoisotopic (exact) mass is 310 g/mol. The number of hydrogen-bond donors (Lipinski definition) is 2. The van der Waals surface area contributed by atoms with Gasteiger partial charge in [0.2, 0.25) is 0 Å². The second kappa shape index (κ2) is 6.52. The largest absolute Gasteiger partial charge is 0.382 e. The zero-order valence-corrected chi connectivity index (χ0v) is 12.9. The van der Waals surface area contributed by atoms with E-state index in [1.54, 1.807) is 24.3 Å². The summed E-state index contributed by atoms with van der Waals surface area (Å²) < 4.78 is 0. The highest BCUT2D eigenvalue weighted by Gasteiger charge is 2.23. The van der Waals surface area contributed by atoms with Gasteiger partial charge in [-0.3, -0.25) is 9.59 Å². The molecule has 0 spiro atoms. The number of carbonyl (C=O) groups is 2. The number of nitrogens with one attached hydrogen (secondary N) is 2. The van der Waals surface area contributed by atoms with Crippen LogP contribution < -0.4 is 10.8 Å². The van der Waals surface area contributed by atoms with Crippen LogP contribution in [0, 0.1) is 0 Å². The molecule has 3 rings (SSSR count). The molecule has 118 valence electrons. The molecule has 1 heterocycles. The number of hydroxylamine groups is 1. The van der Waals surface area contributed by atoms with Crippen molar-refractivity contribution in [1.29, 1.82) is 0 Å². The summed E-state index contributed by atoms with van der Waals surface area (Å²) in [6.07, 6.45) is 4.37. The predicted octanol–water partition coefficient (Wildman–Crippen LogP) is 2.40. The molecule has 5 nitrogen and oxygen atoms in total. The summed E-state index contributed by atoms with van der Waals surface area (Å²) in [6.45, 7) is 2.43. The Kier molecular flexibility index (Phi) is 4.28. The zero-order valence-electron chi connectivity index (χ0n) is 12.9. The van der Waals surface area contributed by atoms with Crippen molar-refractivity contribution in [2.24, 2.45) is 0 Å². The highest BCUT2D eigenvalue weighted by molar-refractivity contribution is 5.95. The van der Waals surface area contributed by atoms with Crippen molar-refractivity contribution in [2.75, 3.05) is 6.54 Å². The normalized spacial score (nSPS) is 16.7. The molecule has 2 N–H and O–H groups in total. The Labute approximate surface area is 134 Å². The molecule has 1 aromatic carbocycles. The smallest absolute Gasteiger partial charge is 0.251 e. The molecule has 0 aromatic heterocycles. The van der Waals surface area contributed by atoms with Crippen molar-refractivity contribution in [3.63, 3.8) is 0 Å². The first-order valence-corrected chi connectivity index (χ1v) is 7.56. The van der Waals surface area contributed by atoms with E-state index in [9.17, 15) is 9.59 Å². The Morgan fingerprint density at radius 2 is 2.09 bits per heavy atom. The summed E-state index contributed by atoms with van der Waals surface area (Å²) >= 11 is 0. The van der Waals surface area contributed by atoms with Crippen molar-refractivity contribution >= 4 is 11.7 Å². The van der Waals surface area contributed by atoms with Crippen molar-refractivity contribution in [2.45, 2.75) is 19.8 Å². The van der Waals surface area contributed by atoms with Gasteiger partial charge in [-0.05, 0) is 36.8 Å². The number of rotatable bonds is 4. The molecule has 1 aromatic rings. The van der Waals surface area contributed by atoms with Gasteiger partial charge in [0, 0.05) is 30.5 Å². The molecule has 0 radical (unpaired) electrons. The van der Waals surface area contributed by atoms with Gasteiger partial charge in [-0.2, -0.15) is 0 Å². The quantitative estimate of drug-likeness (QED) is 0.896. The van der Waals surface area contributed by atoms with E-state index >= 15 is 0 Å². The highest BCUT2D eigenvalue weighted by atomic mass is 16.6. The summed E-state index contributed by atoms with van der Waals surface area (Å²) in [7, 11) is 0. The topological polar surface area (TPSA) is 67.4 Å². The zero-order chi connectivity index (χ0) is 16.2. The van der Waals surface area contributed by atoms with Crippen molar-refractivity contribution in [3.05, 3.63) is 70.6 Å². The molecule has 1 amide bonds. The SMILES string of the molecule is CC1=C(CCNC(=O)c2ccccc2)NOC2=CCC(=O)C=C21. The van der Waals surface area contributed by atoms with Crippen LogP contribution in [0.15, 0.2) is 65.1 Å². The fourth-order valence-corrected chi connectivity index (χ4v) is 2.57. The minimum absolute atomic E-state index is 0.0744. The Hall–Kier alpha value is -2.82. The Balaban J connectivity index is 1.62. The summed E-state index contributed by atoms with van der Waals surface area (Å²) in [5.41, 5.74) is 6.21. The number of allylic oxidation sites excluding steroid dienone is 3. The maximum atomic E-state index is 12.0. The molecule has 5 heteroatoms. The molecule has 0 saturated heterocycles. The summed E-state index contributed by atoms with van der Waals surface area (Å²) in [5.74, 6) is 0.665. The summed E-state index contributed by atoms with van der Waals surface area (Å²) in [6, 6.07) is 9.09. The molecule has 0 saturated carbocycles. The van der Waals surface area contributed by atoms with Crippen molar-refractivity contribution in [1.82, 2.24) is 10.8 Å². The van der Waals surface area contributed by atoms with Crippen molar-refractivity contribution in [3.8, 4) is 0 Å². The first kappa shape index (κ1) is 15.1. The lowest BCUT2D eigenvalue weighted by molar-refractivity contribution is -0.114. The average molecular weight is 310 g/mol. The van der Waals surface area contributed by atoms with Crippen LogP contribution in [0.3, 0.4) is 0 Å². The number of benzene rings is 1. The third-order valence-corrected chi connectivity index (χ3v) is 3.90. The van der Waals surface area contributed by atoms with Crippen LogP contribution in [-0.2, 0) is 9.63 Å². The maximum absolute atomic E-state index is 12.0. The molecule has 0 bridgehead atoms. The molecule has 2 aliphatic rings. The Morgan fingerprint density at radius 3 is 2.87 bits per heavy atom. The second-order valence-electron chi connectivity index (χ2n) is 5.48.